The van der Waals surface area contributed by atoms with Crippen molar-refractivity contribution in [3.8, 4) is 0 Å². The van der Waals surface area contributed by atoms with Crippen LogP contribution in [0, 0.1) is 0 Å². The van der Waals surface area contributed by atoms with Crippen molar-refractivity contribution in [1.82, 2.24) is 4.90 Å². The van der Waals surface area contributed by atoms with E-state index < -0.39 is 36.4 Å². The summed E-state index contributed by atoms with van der Waals surface area (Å²) in [5.41, 5.74) is 0.137. The second-order valence-corrected chi connectivity index (χ2v) is 4.63. The Bertz CT molecular complexity index is 596. The monoisotopic (exact) mass is 313 g/mol. The number of alkyl halides is 2. The van der Waals surface area contributed by atoms with Crippen molar-refractivity contribution in [3.63, 3.8) is 0 Å². The van der Waals surface area contributed by atoms with E-state index in [0.717, 1.165) is 0 Å². The molecule has 8 heteroatoms. The Morgan fingerprint density at radius 1 is 1.27 bits per heavy atom. The number of aliphatic hydroxyl groups excluding tert-OH is 1. The maximum Gasteiger partial charge on any atom is 0.379 e. The van der Waals surface area contributed by atoms with Gasteiger partial charge in [-0.15, -0.1) is 0 Å². The van der Waals surface area contributed by atoms with Gasteiger partial charge in [-0.25, -0.2) is 4.79 Å². The van der Waals surface area contributed by atoms with E-state index in [0.29, 0.717) is 4.90 Å². The summed E-state index contributed by atoms with van der Waals surface area (Å²) in [6, 6.07) is 5.81. The molecule has 22 heavy (non-hydrogen) atoms. The molecular weight excluding hydrogens is 300 g/mol. The topological polar surface area (TPSA) is 83.9 Å². The molecule has 6 nitrogen and oxygen atoms in total. The maximum atomic E-state index is 13.7. The first-order valence-electron chi connectivity index (χ1n) is 6.49. The number of nitrogens with zero attached hydrogens (tertiary/aromatic N) is 1. The SMILES string of the molecule is CCOC(=O)C(F)(F)C(O)CN1C(=O)c2ccccc2C1=O. The van der Waals surface area contributed by atoms with Gasteiger partial charge in [0.15, 0.2) is 0 Å². The molecule has 1 unspecified atom stereocenters. The van der Waals surface area contributed by atoms with E-state index in [1.807, 2.05) is 0 Å². The minimum absolute atomic E-state index is 0.0687. The Labute approximate surface area is 124 Å². The molecule has 0 aliphatic carbocycles. The fourth-order valence-corrected chi connectivity index (χ4v) is 2.06. The minimum Gasteiger partial charge on any atom is -0.461 e. The fraction of sp³-hybridized carbons (Fsp3) is 0.357. The molecule has 1 aliphatic rings. The third-order valence-corrected chi connectivity index (χ3v) is 3.20. The summed E-state index contributed by atoms with van der Waals surface area (Å²) in [7, 11) is 0. The number of hydrogen-bond acceptors (Lipinski definition) is 5. The van der Waals surface area contributed by atoms with E-state index in [1.165, 1.54) is 31.2 Å². The Morgan fingerprint density at radius 3 is 2.23 bits per heavy atom. The molecule has 1 aliphatic heterocycles. The van der Waals surface area contributed by atoms with Gasteiger partial charge in [-0.1, -0.05) is 12.1 Å². The summed E-state index contributed by atoms with van der Waals surface area (Å²) >= 11 is 0. The van der Waals surface area contributed by atoms with Gasteiger partial charge in [0.1, 0.15) is 6.10 Å². The van der Waals surface area contributed by atoms with Crippen molar-refractivity contribution >= 4 is 17.8 Å². The number of carbonyl (C=O) groups excluding carboxylic acids is 3. The third-order valence-electron chi connectivity index (χ3n) is 3.20. The molecule has 2 amide bonds. The number of ether oxygens (including phenoxy) is 1. The van der Waals surface area contributed by atoms with Gasteiger partial charge in [-0.05, 0) is 19.1 Å². The van der Waals surface area contributed by atoms with Crippen molar-refractivity contribution in [1.29, 1.82) is 0 Å². The molecule has 0 spiro atoms. The predicted octanol–water partition coefficient (Wildman–Crippen LogP) is 0.842. The third kappa shape index (κ3) is 2.57. The number of aliphatic hydroxyl groups is 1. The van der Waals surface area contributed by atoms with Crippen molar-refractivity contribution in [3.05, 3.63) is 35.4 Å². The highest BCUT2D eigenvalue weighted by atomic mass is 19.3. The van der Waals surface area contributed by atoms with Crippen LogP contribution < -0.4 is 0 Å². The Hall–Kier alpha value is -2.35. The summed E-state index contributed by atoms with van der Waals surface area (Å²) in [6.07, 6.45) is -2.55. The highest BCUT2D eigenvalue weighted by molar-refractivity contribution is 6.21. The van der Waals surface area contributed by atoms with E-state index in [-0.39, 0.29) is 17.7 Å². The lowest BCUT2D eigenvalue weighted by Crippen LogP contribution is -2.50. The van der Waals surface area contributed by atoms with Crippen LogP contribution in [0.15, 0.2) is 24.3 Å². The minimum atomic E-state index is -4.22. The van der Waals surface area contributed by atoms with Gasteiger partial charge in [-0.2, -0.15) is 8.78 Å². The van der Waals surface area contributed by atoms with Crippen molar-refractivity contribution in [2.45, 2.75) is 19.0 Å². The zero-order valence-corrected chi connectivity index (χ0v) is 11.6. The Morgan fingerprint density at radius 2 is 1.77 bits per heavy atom. The molecule has 0 bridgehead atoms. The number of amides is 2. The van der Waals surface area contributed by atoms with Gasteiger partial charge < -0.3 is 9.84 Å². The molecule has 1 atom stereocenters. The smallest absolute Gasteiger partial charge is 0.379 e. The molecule has 0 radical (unpaired) electrons. The number of halogens is 2. The number of benzene rings is 1. The molecule has 0 aromatic heterocycles. The van der Waals surface area contributed by atoms with Gasteiger partial charge in [0.05, 0.1) is 24.3 Å². The average Bonchev–Trinajstić information content (AvgIpc) is 2.73. The normalized spacial score (nSPS) is 15.7. The quantitative estimate of drug-likeness (QED) is 0.643. The molecule has 1 N–H and O–H groups in total. The van der Waals surface area contributed by atoms with E-state index in [9.17, 15) is 28.3 Å². The molecule has 1 aromatic carbocycles. The standard InChI is InChI=1S/C14H13F2NO5/c1-2-22-13(21)14(15,16)10(18)7-17-11(19)8-5-3-4-6-9(8)12(17)20/h3-6,10,18H,2,7H2,1H3. The first-order chi connectivity index (χ1) is 10.3. The number of esters is 1. The molecule has 1 aromatic rings. The van der Waals surface area contributed by atoms with Crippen LogP contribution in [0.3, 0.4) is 0 Å². The zero-order valence-electron chi connectivity index (χ0n) is 11.6. The van der Waals surface area contributed by atoms with Crippen molar-refractivity contribution in [2.75, 3.05) is 13.2 Å². The molecule has 0 fully saturated rings. The number of hydrogen-bond donors (Lipinski definition) is 1. The van der Waals surface area contributed by atoms with E-state index in [1.54, 1.807) is 0 Å². The summed E-state index contributed by atoms with van der Waals surface area (Å²) < 4.78 is 31.5. The van der Waals surface area contributed by atoms with Crippen molar-refractivity contribution < 1.29 is 33.0 Å². The zero-order chi connectivity index (χ0) is 16.5. The molecule has 1 heterocycles. The lowest BCUT2D eigenvalue weighted by atomic mass is 10.1. The summed E-state index contributed by atoms with van der Waals surface area (Å²) in [5.74, 6) is -7.71. The average molecular weight is 313 g/mol. The second kappa shape index (κ2) is 5.80. The maximum absolute atomic E-state index is 13.7. The predicted molar refractivity (Wildman–Crippen MR) is 69.4 cm³/mol. The van der Waals surface area contributed by atoms with Crippen LogP contribution in [0.2, 0.25) is 0 Å². The molecule has 0 saturated carbocycles. The fourth-order valence-electron chi connectivity index (χ4n) is 2.06. The van der Waals surface area contributed by atoms with E-state index in [4.69, 9.17) is 0 Å². The van der Waals surface area contributed by atoms with E-state index >= 15 is 0 Å². The summed E-state index contributed by atoms with van der Waals surface area (Å²) in [4.78, 5) is 35.6. The lowest BCUT2D eigenvalue weighted by Gasteiger charge is -2.24. The van der Waals surface area contributed by atoms with Crippen LogP contribution >= 0.6 is 0 Å². The van der Waals surface area contributed by atoms with Gasteiger partial charge in [0, 0.05) is 0 Å². The van der Waals surface area contributed by atoms with Gasteiger partial charge in [0.2, 0.25) is 0 Å². The number of carbonyl (C=O) groups is 3. The van der Waals surface area contributed by atoms with Gasteiger partial charge >= 0.3 is 11.9 Å². The highest BCUT2D eigenvalue weighted by Gasteiger charge is 2.50. The molecule has 118 valence electrons. The molecule has 0 saturated heterocycles. The summed E-state index contributed by atoms with van der Waals surface area (Å²) in [6.45, 7) is 0.0524. The highest BCUT2D eigenvalue weighted by Crippen LogP contribution is 2.26. The largest absolute Gasteiger partial charge is 0.461 e. The van der Waals surface area contributed by atoms with Gasteiger partial charge in [-0.3, -0.25) is 14.5 Å². The number of β-amino-alcohol motifs (C(OH)–C–C–N with tert-alkyl or cyclic N) is 1. The molecule has 2 rings (SSSR count). The van der Waals surface area contributed by atoms with Crippen LogP contribution in [0.1, 0.15) is 27.6 Å². The Kier molecular flexibility index (Phi) is 4.23. The first kappa shape index (κ1) is 16.0. The van der Waals surface area contributed by atoms with Crippen LogP contribution in [0.25, 0.3) is 0 Å². The van der Waals surface area contributed by atoms with Crippen LogP contribution in [0.5, 0.6) is 0 Å². The first-order valence-corrected chi connectivity index (χ1v) is 6.49. The van der Waals surface area contributed by atoms with Gasteiger partial charge in [0.25, 0.3) is 11.8 Å². The van der Waals surface area contributed by atoms with Crippen molar-refractivity contribution in [2.24, 2.45) is 0 Å². The lowest BCUT2D eigenvalue weighted by molar-refractivity contribution is -0.188. The summed E-state index contributed by atoms with van der Waals surface area (Å²) in [5, 5.41) is 9.55. The number of imide groups is 1. The molecular formula is C14H13F2NO5. The Balaban J connectivity index is 2.17. The second-order valence-electron chi connectivity index (χ2n) is 4.63. The number of fused-ring (bicyclic) bond motifs is 1. The number of rotatable bonds is 5. The van der Waals surface area contributed by atoms with Crippen LogP contribution in [-0.4, -0.2) is 53.0 Å². The van der Waals surface area contributed by atoms with Crippen LogP contribution in [0.4, 0.5) is 8.78 Å². The van der Waals surface area contributed by atoms with Crippen LogP contribution in [-0.2, 0) is 9.53 Å². The van der Waals surface area contributed by atoms with E-state index in [2.05, 4.69) is 4.74 Å².